The van der Waals surface area contributed by atoms with Crippen molar-refractivity contribution in [2.45, 2.75) is 38.4 Å². The molecule has 2 aromatic carbocycles. The number of carboxylic acids is 1. The Morgan fingerprint density at radius 2 is 1.36 bits per heavy atom. The predicted octanol–water partition coefficient (Wildman–Crippen LogP) is 3.02. The van der Waals surface area contributed by atoms with E-state index in [1.807, 2.05) is 12.1 Å². The minimum absolute atomic E-state index is 0.0000641. The third-order valence-corrected chi connectivity index (χ3v) is 5.67. The number of rotatable bonds is 10. The predicted molar refractivity (Wildman–Crippen MR) is 122 cm³/mol. The van der Waals surface area contributed by atoms with Crippen molar-refractivity contribution in [1.82, 2.24) is 10.6 Å². The van der Waals surface area contributed by atoms with Gasteiger partial charge in [-0.3, -0.25) is 14.4 Å². The number of benzene rings is 2. The second kappa shape index (κ2) is 12.0. The molecule has 176 valence electrons. The zero-order valence-electron chi connectivity index (χ0n) is 18.7. The van der Waals surface area contributed by atoms with Crippen LogP contribution in [0.3, 0.4) is 0 Å². The molecule has 8 nitrogen and oxygen atoms in total. The Hall–Kier alpha value is -3.39. The van der Waals surface area contributed by atoms with Gasteiger partial charge in [0.1, 0.15) is 5.75 Å². The Labute approximate surface area is 193 Å². The molecule has 0 unspecified atom stereocenters. The van der Waals surface area contributed by atoms with Crippen LogP contribution in [-0.4, -0.2) is 49.2 Å². The van der Waals surface area contributed by atoms with Gasteiger partial charge in [-0.25, -0.2) is 0 Å². The van der Waals surface area contributed by atoms with Crippen molar-refractivity contribution in [1.29, 1.82) is 0 Å². The van der Waals surface area contributed by atoms with Crippen LogP contribution in [0.15, 0.2) is 48.5 Å². The molecule has 1 fully saturated rings. The summed E-state index contributed by atoms with van der Waals surface area (Å²) in [5.41, 5.74) is 2.04. The lowest BCUT2D eigenvalue weighted by Crippen LogP contribution is -2.34. The quantitative estimate of drug-likeness (QED) is 0.476. The normalized spacial score (nSPS) is 17.7. The fourth-order valence-corrected chi connectivity index (χ4v) is 3.78. The number of carboxylic acid groups (broad SMARTS) is 1. The van der Waals surface area contributed by atoms with Gasteiger partial charge in [0, 0.05) is 31.3 Å². The summed E-state index contributed by atoms with van der Waals surface area (Å²) in [5.74, 6) is -0.787. The maximum Gasteiger partial charge on any atom is 0.306 e. The van der Waals surface area contributed by atoms with Crippen molar-refractivity contribution in [2.75, 3.05) is 20.2 Å². The van der Waals surface area contributed by atoms with E-state index in [4.69, 9.17) is 14.6 Å². The third-order valence-electron chi connectivity index (χ3n) is 5.67. The van der Waals surface area contributed by atoms with Gasteiger partial charge in [-0.1, -0.05) is 12.1 Å². The summed E-state index contributed by atoms with van der Waals surface area (Å²) in [6.45, 7) is 1.11. The number of methoxy groups -OCH3 is 1. The first kappa shape index (κ1) is 24.3. The fourth-order valence-electron chi connectivity index (χ4n) is 3.78. The van der Waals surface area contributed by atoms with Crippen LogP contribution < -0.4 is 15.4 Å². The van der Waals surface area contributed by atoms with Gasteiger partial charge in [0.05, 0.1) is 18.6 Å². The van der Waals surface area contributed by atoms with Crippen LogP contribution in [0.4, 0.5) is 0 Å². The summed E-state index contributed by atoms with van der Waals surface area (Å²) in [4.78, 5) is 35.6. The number of amides is 2. The standard InChI is InChI=1S/C25H30N2O6/c1-32-16-17-2-4-18(5-3-17)23(28)26-14-15-27-24(29)19-6-10-21(11-7-19)33-22-12-8-20(9-13-22)25(30)31/h2-7,10-11,20,22H,8-9,12-16H2,1H3,(H,26,28)(H,27,29)(H,30,31)/t20-,22+. The molecular weight excluding hydrogens is 424 g/mol. The summed E-state index contributed by atoms with van der Waals surface area (Å²) in [5, 5.41) is 14.6. The van der Waals surface area contributed by atoms with E-state index in [1.54, 1.807) is 43.5 Å². The first-order valence-corrected chi connectivity index (χ1v) is 11.1. The highest BCUT2D eigenvalue weighted by molar-refractivity contribution is 5.95. The molecule has 3 rings (SSSR count). The fraction of sp³-hybridized carbons (Fsp3) is 0.400. The van der Waals surface area contributed by atoms with Crippen LogP contribution in [0.1, 0.15) is 52.0 Å². The van der Waals surface area contributed by atoms with Crippen molar-refractivity contribution in [2.24, 2.45) is 5.92 Å². The van der Waals surface area contributed by atoms with Gasteiger partial charge in [-0.2, -0.15) is 0 Å². The largest absolute Gasteiger partial charge is 0.490 e. The number of carbonyl (C=O) groups is 3. The maximum atomic E-state index is 12.3. The molecule has 2 amide bonds. The van der Waals surface area contributed by atoms with E-state index in [0.717, 1.165) is 5.56 Å². The van der Waals surface area contributed by atoms with Crippen LogP contribution in [0.5, 0.6) is 5.75 Å². The minimum Gasteiger partial charge on any atom is -0.490 e. The molecule has 0 aliphatic heterocycles. The van der Waals surface area contributed by atoms with E-state index in [9.17, 15) is 14.4 Å². The Balaban J connectivity index is 1.37. The molecule has 0 radical (unpaired) electrons. The molecule has 0 bridgehead atoms. The van der Waals surface area contributed by atoms with E-state index >= 15 is 0 Å². The van der Waals surface area contributed by atoms with Crippen LogP contribution >= 0.6 is 0 Å². The molecular formula is C25H30N2O6. The summed E-state index contributed by atoms with van der Waals surface area (Å²) in [6, 6.07) is 14.0. The molecule has 2 aromatic rings. The van der Waals surface area contributed by atoms with Crippen molar-refractivity contribution < 1.29 is 29.0 Å². The van der Waals surface area contributed by atoms with Gasteiger partial charge < -0.3 is 25.2 Å². The molecule has 1 saturated carbocycles. The average Bonchev–Trinajstić information content (AvgIpc) is 2.83. The van der Waals surface area contributed by atoms with E-state index in [1.165, 1.54) is 0 Å². The minimum atomic E-state index is -0.736. The number of carbonyl (C=O) groups excluding carboxylic acids is 2. The molecule has 0 spiro atoms. The van der Waals surface area contributed by atoms with Gasteiger partial charge in [0.15, 0.2) is 0 Å². The zero-order chi connectivity index (χ0) is 23.6. The SMILES string of the molecule is COCc1ccc(C(=O)NCCNC(=O)c2ccc(O[C@H]3CC[C@@H](C(=O)O)CC3)cc2)cc1. The number of ether oxygens (including phenoxy) is 2. The molecule has 0 aromatic heterocycles. The lowest BCUT2D eigenvalue weighted by Gasteiger charge is -2.26. The molecule has 1 aliphatic carbocycles. The number of nitrogens with one attached hydrogen (secondary N) is 2. The second-order valence-corrected chi connectivity index (χ2v) is 8.10. The molecule has 8 heteroatoms. The molecule has 0 heterocycles. The lowest BCUT2D eigenvalue weighted by atomic mass is 9.87. The second-order valence-electron chi connectivity index (χ2n) is 8.10. The number of hydrogen-bond acceptors (Lipinski definition) is 5. The summed E-state index contributed by atoms with van der Waals surface area (Å²) < 4.78 is 11.0. The molecule has 33 heavy (non-hydrogen) atoms. The Morgan fingerprint density at radius 1 is 0.848 bits per heavy atom. The van der Waals surface area contributed by atoms with Crippen molar-refractivity contribution in [3.05, 3.63) is 65.2 Å². The number of hydrogen-bond donors (Lipinski definition) is 3. The third kappa shape index (κ3) is 7.32. The van der Waals surface area contributed by atoms with Crippen LogP contribution in [0.2, 0.25) is 0 Å². The van der Waals surface area contributed by atoms with Crippen LogP contribution in [0, 0.1) is 5.92 Å². The van der Waals surface area contributed by atoms with Gasteiger partial charge in [-0.15, -0.1) is 0 Å². The monoisotopic (exact) mass is 454 g/mol. The number of aliphatic carboxylic acids is 1. The van der Waals surface area contributed by atoms with Gasteiger partial charge in [-0.05, 0) is 67.6 Å². The maximum absolute atomic E-state index is 12.3. The summed E-state index contributed by atoms with van der Waals surface area (Å²) in [6.07, 6.45) is 2.66. The van der Waals surface area contributed by atoms with Crippen molar-refractivity contribution in [3.8, 4) is 5.75 Å². The topological polar surface area (TPSA) is 114 Å². The van der Waals surface area contributed by atoms with Crippen LogP contribution in [-0.2, 0) is 16.1 Å². The summed E-state index contributed by atoms with van der Waals surface area (Å²) >= 11 is 0. The van der Waals surface area contributed by atoms with E-state index < -0.39 is 5.97 Å². The molecule has 3 N–H and O–H groups in total. The average molecular weight is 455 g/mol. The van der Waals surface area contributed by atoms with E-state index in [2.05, 4.69) is 10.6 Å². The van der Waals surface area contributed by atoms with Crippen LogP contribution in [0.25, 0.3) is 0 Å². The zero-order valence-corrected chi connectivity index (χ0v) is 18.7. The Bertz CT molecular complexity index is 934. The van der Waals surface area contributed by atoms with Gasteiger partial charge in [0.2, 0.25) is 0 Å². The van der Waals surface area contributed by atoms with Crippen molar-refractivity contribution >= 4 is 17.8 Å². The lowest BCUT2D eigenvalue weighted by molar-refractivity contribution is -0.143. The highest BCUT2D eigenvalue weighted by Crippen LogP contribution is 2.28. The van der Waals surface area contributed by atoms with Gasteiger partial charge >= 0.3 is 5.97 Å². The molecule has 0 atom stereocenters. The molecule has 1 aliphatic rings. The highest BCUT2D eigenvalue weighted by atomic mass is 16.5. The smallest absolute Gasteiger partial charge is 0.306 e. The van der Waals surface area contributed by atoms with Crippen molar-refractivity contribution in [3.63, 3.8) is 0 Å². The highest BCUT2D eigenvalue weighted by Gasteiger charge is 2.26. The first-order chi connectivity index (χ1) is 16.0. The first-order valence-electron chi connectivity index (χ1n) is 11.1. The van der Waals surface area contributed by atoms with E-state index in [0.29, 0.717) is 62.3 Å². The van der Waals surface area contributed by atoms with E-state index in [-0.39, 0.29) is 23.8 Å². The molecule has 0 saturated heterocycles. The Morgan fingerprint density at radius 3 is 1.85 bits per heavy atom. The summed E-state index contributed by atoms with van der Waals surface area (Å²) in [7, 11) is 1.62. The van der Waals surface area contributed by atoms with Gasteiger partial charge in [0.25, 0.3) is 11.8 Å². The Kier molecular flexibility index (Phi) is 8.83.